The number of nitrogens with one attached hydrogen (secondary N) is 1. The molecule has 0 unspecified atom stereocenters. The molecule has 0 bridgehead atoms. The van der Waals surface area contributed by atoms with Gasteiger partial charge in [-0.25, -0.2) is 0 Å². The highest BCUT2D eigenvalue weighted by molar-refractivity contribution is 5.86. The first-order chi connectivity index (χ1) is 8.09. The first-order valence-corrected chi connectivity index (χ1v) is 6.42. The molecule has 1 heterocycles. The topological polar surface area (TPSA) is 75.4 Å². The maximum absolute atomic E-state index is 12.1. The molecule has 96 valence electrons. The highest BCUT2D eigenvalue weighted by Crippen LogP contribution is 2.29. The fourth-order valence-electron chi connectivity index (χ4n) is 2.70. The first-order valence-electron chi connectivity index (χ1n) is 6.42. The molecule has 3 N–H and O–H groups in total. The summed E-state index contributed by atoms with van der Waals surface area (Å²) in [5.74, 6) is -0.0384. The minimum absolute atomic E-state index is 0.0317. The third-order valence-corrected chi connectivity index (χ3v) is 3.74. The second kappa shape index (κ2) is 5.04. The average Bonchev–Trinajstić information content (AvgIpc) is 2.29. The Balaban J connectivity index is 1.89. The van der Waals surface area contributed by atoms with Crippen LogP contribution in [0.5, 0.6) is 0 Å². The molecule has 5 heteroatoms. The molecule has 1 aliphatic carbocycles. The van der Waals surface area contributed by atoms with Crippen LogP contribution in [0.4, 0.5) is 0 Å². The molecule has 17 heavy (non-hydrogen) atoms. The molecule has 0 spiro atoms. The molecule has 0 aromatic heterocycles. The second-order valence-electron chi connectivity index (χ2n) is 5.27. The van der Waals surface area contributed by atoms with Gasteiger partial charge in [-0.05, 0) is 12.8 Å². The summed E-state index contributed by atoms with van der Waals surface area (Å²) in [5, 5.41) is 2.72. The summed E-state index contributed by atoms with van der Waals surface area (Å²) >= 11 is 0. The predicted molar refractivity (Wildman–Crippen MR) is 64.2 cm³/mol. The number of carbonyl (C=O) groups excluding carboxylic acids is 2. The minimum Gasteiger partial charge on any atom is -0.353 e. The summed E-state index contributed by atoms with van der Waals surface area (Å²) in [6.45, 7) is 1.36. The van der Waals surface area contributed by atoms with Crippen molar-refractivity contribution in [1.29, 1.82) is 0 Å². The van der Waals surface area contributed by atoms with Gasteiger partial charge in [0.25, 0.3) is 0 Å². The Labute approximate surface area is 102 Å². The van der Waals surface area contributed by atoms with Crippen molar-refractivity contribution in [2.75, 3.05) is 19.6 Å². The number of nitrogens with zero attached hydrogens (tertiary/aromatic N) is 1. The molecular weight excluding hydrogens is 218 g/mol. The van der Waals surface area contributed by atoms with E-state index in [2.05, 4.69) is 5.32 Å². The summed E-state index contributed by atoms with van der Waals surface area (Å²) in [5.41, 5.74) is 5.92. The average molecular weight is 239 g/mol. The Bertz CT molecular complexity index is 311. The van der Waals surface area contributed by atoms with E-state index in [-0.39, 0.29) is 23.9 Å². The molecule has 1 saturated heterocycles. The lowest BCUT2D eigenvalue weighted by molar-refractivity contribution is -0.139. The van der Waals surface area contributed by atoms with Crippen LogP contribution in [0, 0.1) is 0 Å². The lowest BCUT2D eigenvalue weighted by atomic mass is 9.80. The van der Waals surface area contributed by atoms with Crippen molar-refractivity contribution < 1.29 is 9.59 Å². The smallest absolute Gasteiger partial charge is 0.239 e. The maximum atomic E-state index is 12.1. The van der Waals surface area contributed by atoms with E-state index < -0.39 is 0 Å². The van der Waals surface area contributed by atoms with Crippen molar-refractivity contribution in [1.82, 2.24) is 10.2 Å². The van der Waals surface area contributed by atoms with Crippen LogP contribution in [-0.2, 0) is 9.59 Å². The molecule has 0 aromatic rings. The van der Waals surface area contributed by atoms with Gasteiger partial charge in [-0.15, -0.1) is 0 Å². The van der Waals surface area contributed by atoms with Gasteiger partial charge in [0.2, 0.25) is 11.8 Å². The molecule has 2 aliphatic rings. The molecule has 2 amide bonds. The largest absolute Gasteiger partial charge is 0.353 e. The van der Waals surface area contributed by atoms with Gasteiger partial charge in [0, 0.05) is 25.0 Å². The summed E-state index contributed by atoms with van der Waals surface area (Å²) in [7, 11) is 0. The first kappa shape index (κ1) is 12.4. The van der Waals surface area contributed by atoms with E-state index in [0.29, 0.717) is 19.5 Å². The van der Waals surface area contributed by atoms with Crippen LogP contribution in [-0.4, -0.2) is 41.9 Å². The Morgan fingerprint density at radius 3 is 2.71 bits per heavy atom. The molecule has 0 aromatic carbocycles. The van der Waals surface area contributed by atoms with Gasteiger partial charge >= 0.3 is 0 Å². The minimum atomic E-state index is -0.330. The van der Waals surface area contributed by atoms with Crippen LogP contribution in [0.2, 0.25) is 0 Å². The lowest BCUT2D eigenvalue weighted by Gasteiger charge is -2.35. The highest BCUT2D eigenvalue weighted by atomic mass is 16.2. The van der Waals surface area contributed by atoms with Crippen LogP contribution < -0.4 is 11.1 Å². The van der Waals surface area contributed by atoms with Gasteiger partial charge in [-0.3, -0.25) is 9.59 Å². The van der Waals surface area contributed by atoms with E-state index >= 15 is 0 Å². The van der Waals surface area contributed by atoms with E-state index in [9.17, 15) is 9.59 Å². The fraction of sp³-hybridized carbons (Fsp3) is 0.833. The van der Waals surface area contributed by atoms with Crippen molar-refractivity contribution in [3.8, 4) is 0 Å². The molecule has 0 atom stereocenters. The highest BCUT2D eigenvalue weighted by Gasteiger charge is 2.32. The van der Waals surface area contributed by atoms with Gasteiger partial charge < -0.3 is 16.0 Å². The van der Waals surface area contributed by atoms with E-state index in [4.69, 9.17) is 5.73 Å². The molecular formula is C12H21N3O2. The summed E-state index contributed by atoms with van der Waals surface area (Å²) < 4.78 is 0. The van der Waals surface area contributed by atoms with E-state index in [1.54, 1.807) is 4.90 Å². The standard InChI is InChI=1S/C12H21N3O2/c13-12(4-2-1-3-5-12)8-11(17)15-7-6-14-10(16)9-15/h1-9,13H2,(H,14,16). The van der Waals surface area contributed by atoms with Gasteiger partial charge in [0.1, 0.15) is 0 Å². The van der Waals surface area contributed by atoms with E-state index in [1.165, 1.54) is 6.42 Å². The predicted octanol–water partition coefficient (Wildman–Crippen LogP) is -0.00350. The Hall–Kier alpha value is -1.10. The fourth-order valence-corrected chi connectivity index (χ4v) is 2.70. The zero-order valence-electron chi connectivity index (χ0n) is 10.2. The van der Waals surface area contributed by atoms with Gasteiger partial charge in [0.05, 0.1) is 6.54 Å². The third-order valence-electron chi connectivity index (χ3n) is 3.74. The number of carbonyl (C=O) groups is 2. The molecule has 0 radical (unpaired) electrons. The van der Waals surface area contributed by atoms with Crippen LogP contribution in [0.3, 0.4) is 0 Å². The van der Waals surface area contributed by atoms with Crippen molar-refractivity contribution in [2.24, 2.45) is 5.73 Å². The van der Waals surface area contributed by atoms with E-state index in [1.807, 2.05) is 0 Å². The van der Waals surface area contributed by atoms with Gasteiger partial charge in [-0.1, -0.05) is 19.3 Å². The monoisotopic (exact) mass is 239 g/mol. The molecule has 2 rings (SSSR count). The number of piperazine rings is 1. The number of nitrogens with two attached hydrogens (primary N) is 1. The Morgan fingerprint density at radius 1 is 1.35 bits per heavy atom. The van der Waals surface area contributed by atoms with Crippen LogP contribution >= 0.6 is 0 Å². The lowest BCUT2D eigenvalue weighted by Crippen LogP contribution is -2.53. The van der Waals surface area contributed by atoms with Crippen LogP contribution in [0.15, 0.2) is 0 Å². The van der Waals surface area contributed by atoms with E-state index in [0.717, 1.165) is 25.7 Å². The zero-order chi connectivity index (χ0) is 12.3. The van der Waals surface area contributed by atoms with Crippen molar-refractivity contribution in [3.63, 3.8) is 0 Å². The molecule has 2 fully saturated rings. The van der Waals surface area contributed by atoms with Gasteiger partial charge in [0.15, 0.2) is 0 Å². The second-order valence-corrected chi connectivity index (χ2v) is 5.27. The zero-order valence-corrected chi connectivity index (χ0v) is 10.2. The van der Waals surface area contributed by atoms with Crippen molar-refractivity contribution >= 4 is 11.8 Å². The van der Waals surface area contributed by atoms with Crippen molar-refractivity contribution in [3.05, 3.63) is 0 Å². The third kappa shape index (κ3) is 3.19. The number of amides is 2. The normalized spacial score (nSPS) is 24.3. The Kier molecular flexibility index (Phi) is 3.66. The number of rotatable bonds is 2. The number of hydrogen-bond acceptors (Lipinski definition) is 3. The van der Waals surface area contributed by atoms with Gasteiger partial charge in [-0.2, -0.15) is 0 Å². The molecule has 5 nitrogen and oxygen atoms in total. The summed E-state index contributed by atoms with van der Waals surface area (Å²) in [4.78, 5) is 24.9. The quantitative estimate of drug-likeness (QED) is 0.712. The summed E-state index contributed by atoms with van der Waals surface area (Å²) in [6.07, 6.45) is 5.70. The number of hydrogen-bond donors (Lipinski definition) is 2. The van der Waals surface area contributed by atoms with Crippen LogP contribution in [0.25, 0.3) is 0 Å². The van der Waals surface area contributed by atoms with Crippen LogP contribution in [0.1, 0.15) is 38.5 Å². The van der Waals surface area contributed by atoms with Crippen molar-refractivity contribution in [2.45, 2.75) is 44.1 Å². The maximum Gasteiger partial charge on any atom is 0.239 e. The SMILES string of the molecule is NC1(CC(=O)N2CCNC(=O)C2)CCCCC1. The molecule has 1 aliphatic heterocycles. The summed E-state index contributed by atoms with van der Waals surface area (Å²) in [6, 6.07) is 0. The Morgan fingerprint density at radius 2 is 2.06 bits per heavy atom. The molecule has 1 saturated carbocycles.